The Bertz CT molecular complexity index is 524. The van der Waals surface area contributed by atoms with Crippen molar-refractivity contribution in [1.82, 2.24) is 10.2 Å². The predicted octanol–water partition coefficient (Wildman–Crippen LogP) is 1.74. The number of hydrogen-bond donors (Lipinski definition) is 2. The number of rotatable bonds is 6. The number of likely N-dealkylation sites (tertiary alicyclic amines) is 1. The minimum Gasteiger partial charge on any atom is -0.355 e. The highest BCUT2D eigenvalue weighted by atomic mass is 35.5. The van der Waals surface area contributed by atoms with Gasteiger partial charge in [-0.05, 0) is 24.3 Å². The van der Waals surface area contributed by atoms with Crippen molar-refractivity contribution >= 4 is 24.2 Å². The summed E-state index contributed by atoms with van der Waals surface area (Å²) in [4.78, 5) is 26.1. The summed E-state index contributed by atoms with van der Waals surface area (Å²) in [6, 6.07) is 9.74. The van der Waals surface area contributed by atoms with Crippen molar-refractivity contribution in [2.24, 2.45) is 11.7 Å². The average Bonchev–Trinajstić information content (AvgIpc) is 2.55. The van der Waals surface area contributed by atoms with E-state index in [0.717, 1.165) is 24.9 Å². The number of hydrogen-bond acceptors (Lipinski definition) is 3. The second-order valence-electron chi connectivity index (χ2n) is 6.37. The molecule has 2 atom stereocenters. The Morgan fingerprint density at radius 3 is 2.67 bits per heavy atom. The molecule has 0 aliphatic carbocycles. The summed E-state index contributed by atoms with van der Waals surface area (Å²) in [5.74, 6) is 0.664. The second-order valence-corrected chi connectivity index (χ2v) is 6.37. The van der Waals surface area contributed by atoms with Crippen molar-refractivity contribution < 1.29 is 9.59 Å². The number of nitrogens with zero attached hydrogens (tertiary/aromatic N) is 1. The van der Waals surface area contributed by atoms with Gasteiger partial charge in [-0.25, -0.2) is 0 Å². The van der Waals surface area contributed by atoms with Gasteiger partial charge in [0.1, 0.15) is 0 Å². The molecule has 0 bridgehead atoms. The Labute approximate surface area is 150 Å². The van der Waals surface area contributed by atoms with Crippen LogP contribution < -0.4 is 11.1 Å². The third-order valence-electron chi connectivity index (χ3n) is 4.44. The molecule has 1 aromatic carbocycles. The molecule has 2 amide bonds. The highest BCUT2D eigenvalue weighted by molar-refractivity contribution is 5.85. The molecule has 1 fully saturated rings. The maximum atomic E-state index is 12.3. The molecule has 2 unspecified atom stereocenters. The van der Waals surface area contributed by atoms with E-state index in [4.69, 9.17) is 5.73 Å². The third-order valence-corrected chi connectivity index (χ3v) is 4.44. The van der Waals surface area contributed by atoms with E-state index in [1.165, 1.54) is 0 Å². The van der Waals surface area contributed by atoms with Gasteiger partial charge in [0.25, 0.3) is 0 Å². The molecular weight excluding hydrogens is 326 g/mol. The van der Waals surface area contributed by atoms with Crippen LogP contribution in [0.25, 0.3) is 0 Å². The SMILES string of the molecule is CC1CCN(C(=O)CCNC(=O)Cc2ccccc2)C(CN)C1.Cl. The number of carbonyl (C=O) groups excluding carboxylic acids is 2. The first-order valence-corrected chi connectivity index (χ1v) is 8.40. The molecule has 1 aromatic rings. The summed E-state index contributed by atoms with van der Waals surface area (Å²) in [6.07, 6.45) is 2.69. The lowest BCUT2D eigenvalue weighted by molar-refractivity contribution is -0.135. The summed E-state index contributed by atoms with van der Waals surface area (Å²) >= 11 is 0. The van der Waals surface area contributed by atoms with Gasteiger partial charge in [0, 0.05) is 32.1 Å². The molecule has 134 valence electrons. The lowest BCUT2D eigenvalue weighted by atomic mass is 9.92. The van der Waals surface area contributed by atoms with Gasteiger partial charge in [-0.15, -0.1) is 12.4 Å². The smallest absolute Gasteiger partial charge is 0.224 e. The summed E-state index contributed by atoms with van der Waals surface area (Å²) in [7, 11) is 0. The molecule has 6 heteroatoms. The van der Waals surface area contributed by atoms with Crippen LogP contribution in [0.5, 0.6) is 0 Å². The van der Waals surface area contributed by atoms with Gasteiger partial charge in [-0.3, -0.25) is 9.59 Å². The van der Waals surface area contributed by atoms with E-state index in [0.29, 0.717) is 31.8 Å². The first kappa shape index (κ1) is 20.5. The van der Waals surface area contributed by atoms with Crippen LogP contribution in [-0.4, -0.2) is 42.4 Å². The Morgan fingerprint density at radius 2 is 2.00 bits per heavy atom. The largest absolute Gasteiger partial charge is 0.355 e. The zero-order valence-electron chi connectivity index (χ0n) is 14.2. The summed E-state index contributed by atoms with van der Waals surface area (Å²) in [5, 5.41) is 2.83. The van der Waals surface area contributed by atoms with Crippen LogP contribution in [0.15, 0.2) is 30.3 Å². The van der Waals surface area contributed by atoms with Gasteiger partial charge in [0.15, 0.2) is 0 Å². The molecule has 0 aromatic heterocycles. The number of piperidine rings is 1. The van der Waals surface area contributed by atoms with Crippen molar-refractivity contribution in [2.75, 3.05) is 19.6 Å². The van der Waals surface area contributed by atoms with Gasteiger partial charge < -0.3 is 16.0 Å². The summed E-state index contributed by atoms with van der Waals surface area (Å²) < 4.78 is 0. The van der Waals surface area contributed by atoms with E-state index in [2.05, 4.69) is 12.2 Å². The van der Waals surface area contributed by atoms with Gasteiger partial charge in [0.05, 0.1) is 6.42 Å². The highest BCUT2D eigenvalue weighted by Crippen LogP contribution is 2.22. The minimum absolute atomic E-state index is 0. The van der Waals surface area contributed by atoms with E-state index in [1.54, 1.807) is 0 Å². The molecule has 1 aliphatic rings. The monoisotopic (exact) mass is 353 g/mol. The van der Waals surface area contributed by atoms with Crippen LogP contribution >= 0.6 is 12.4 Å². The van der Waals surface area contributed by atoms with Gasteiger partial charge in [-0.2, -0.15) is 0 Å². The first-order valence-electron chi connectivity index (χ1n) is 8.40. The second kappa shape index (κ2) is 10.3. The first-order chi connectivity index (χ1) is 11.1. The summed E-state index contributed by atoms with van der Waals surface area (Å²) in [5.41, 5.74) is 6.77. The Kier molecular flexibility index (Phi) is 8.79. The number of amides is 2. The Balaban J connectivity index is 0.00000288. The number of halogens is 1. The lowest BCUT2D eigenvalue weighted by Crippen LogP contribution is -2.49. The van der Waals surface area contributed by atoms with Gasteiger partial charge in [0.2, 0.25) is 11.8 Å². The minimum atomic E-state index is -0.0494. The zero-order valence-corrected chi connectivity index (χ0v) is 15.1. The van der Waals surface area contributed by atoms with Gasteiger partial charge in [-0.1, -0.05) is 37.3 Å². The molecule has 1 heterocycles. The molecule has 0 spiro atoms. The Hall–Kier alpha value is -1.59. The topological polar surface area (TPSA) is 75.4 Å². The van der Waals surface area contributed by atoms with Crippen LogP contribution in [0.2, 0.25) is 0 Å². The van der Waals surface area contributed by atoms with Crippen molar-refractivity contribution in [3.63, 3.8) is 0 Å². The fourth-order valence-corrected chi connectivity index (χ4v) is 3.10. The van der Waals surface area contributed by atoms with E-state index in [9.17, 15) is 9.59 Å². The number of nitrogens with two attached hydrogens (primary N) is 1. The summed E-state index contributed by atoms with van der Waals surface area (Å²) in [6.45, 7) is 3.87. The fourth-order valence-electron chi connectivity index (χ4n) is 3.10. The van der Waals surface area contributed by atoms with Gasteiger partial charge >= 0.3 is 0 Å². The average molecular weight is 354 g/mol. The molecule has 3 N–H and O–H groups in total. The molecule has 2 rings (SSSR count). The van der Waals surface area contributed by atoms with Crippen molar-refractivity contribution in [3.8, 4) is 0 Å². The maximum Gasteiger partial charge on any atom is 0.224 e. The molecule has 1 aliphatic heterocycles. The van der Waals surface area contributed by atoms with Crippen LogP contribution in [-0.2, 0) is 16.0 Å². The zero-order chi connectivity index (χ0) is 16.7. The van der Waals surface area contributed by atoms with Crippen LogP contribution in [0.3, 0.4) is 0 Å². The van der Waals surface area contributed by atoms with E-state index in [-0.39, 0.29) is 30.3 Å². The van der Waals surface area contributed by atoms with Crippen LogP contribution in [0.1, 0.15) is 31.7 Å². The maximum absolute atomic E-state index is 12.3. The van der Waals surface area contributed by atoms with Crippen molar-refractivity contribution in [2.45, 2.75) is 38.6 Å². The number of carbonyl (C=O) groups is 2. The lowest BCUT2D eigenvalue weighted by Gasteiger charge is -2.38. The van der Waals surface area contributed by atoms with Crippen LogP contribution in [0.4, 0.5) is 0 Å². The van der Waals surface area contributed by atoms with Crippen LogP contribution in [0, 0.1) is 5.92 Å². The predicted molar refractivity (Wildman–Crippen MR) is 98.0 cm³/mol. The van der Waals surface area contributed by atoms with Crippen molar-refractivity contribution in [1.29, 1.82) is 0 Å². The quantitative estimate of drug-likeness (QED) is 0.818. The van der Waals surface area contributed by atoms with E-state index < -0.39 is 0 Å². The highest BCUT2D eigenvalue weighted by Gasteiger charge is 2.28. The molecule has 0 saturated carbocycles. The molecule has 1 saturated heterocycles. The normalized spacial score (nSPS) is 20.2. The molecule has 5 nitrogen and oxygen atoms in total. The third kappa shape index (κ3) is 6.13. The Morgan fingerprint density at radius 1 is 1.29 bits per heavy atom. The van der Waals surface area contributed by atoms with Crippen molar-refractivity contribution in [3.05, 3.63) is 35.9 Å². The molecule has 0 radical (unpaired) electrons. The number of nitrogens with one attached hydrogen (secondary N) is 1. The standard InChI is InChI=1S/C18H27N3O2.ClH/c1-14-8-10-21(16(11-14)13-19)18(23)7-9-20-17(22)12-15-5-3-2-4-6-15;/h2-6,14,16H,7-13,19H2,1H3,(H,20,22);1H. The van der Waals surface area contributed by atoms with E-state index in [1.807, 2.05) is 35.2 Å². The number of benzene rings is 1. The molecular formula is C18H28ClN3O2. The fraction of sp³-hybridized carbons (Fsp3) is 0.556. The van der Waals surface area contributed by atoms with E-state index >= 15 is 0 Å². The molecule has 24 heavy (non-hydrogen) atoms.